The first kappa shape index (κ1) is 13.8. The van der Waals surface area contributed by atoms with Crippen LogP contribution in [0.2, 0.25) is 0 Å². The zero-order valence-corrected chi connectivity index (χ0v) is 11.1. The summed E-state index contributed by atoms with van der Waals surface area (Å²) in [5.74, 6) is -1.23. The second kappa shape index (κ2) is 5.19. The number of carboxylic acid groups (broad SMARTS) is 1. The number of nitrogens with one attached hydrogen (secondary N) is 1. The van der Waals surface area contributed by atoms with Gasteiger partial charge in [0.1, 0.15) is 6.04 Å². The molecule has 2 amide bonds. The summed E-state index contributed by atoms with van der Waals surface area (Å²) in [6.45, 7) is 2.77. The molecular formula is C13H20N2O4. The van der Waals surface area contributed by atoms with Crippen LogP contribution in [0.1, 0.15) is 39.0 Å². The number of hydrogen-bond donors (Lipinski definition) is 2. The van der Waals surface area contributed by atoms with Gasteiger partial charge in [-0.2, -0.15) is 0 Å². The molecule has 0 radical (unpaired) electrons. The van der Waals surface area contributed by atoms with Crippen LogP contribution in [0.5, 0.6) is 0 Å². The number of carbonyl (C=O) groups is 3. The molecule has 19 heavy (non-hydrogen) atoms. The third kappa shape index (κ3) is 2.43. The Balaban J connectivity index is 2.06. The maximum absolute atomic E-state index is 12.3. The molecule has 2 rings (SSSR count). The maximum atomic E-state index is 12.3. The summed E-state index contributed by atoms with van der Waals surface area (Å²) in [4.78, 5) is 36.8. The highest BCUT2D eigenvalue weighted by Crippen LogP contribution is 2.44. The van der Waals surface area contributed by atoms with Crippen molar-refractivity contribution in [1.29, 1.82) is 0 Å². The van der Waals surface area contributed by atoms with E-state index in [1.165, 1.54) is 0 Å². The summed E-state index contributed by atoms with van der Waals surface area (Å²) in [6, 6.07) is -0.452. The van der Waals surface area contributed by atoms with Crippen LogP contribution in [-0.2, 0) is 14.4 Å². The van der Waals surface area contributed by atoms with E-state index in [0.717, 1.165) is 6.42 Å². The van der Waals surface area contributed by atoms with Gasteiger partial charge < -0.3 is 15.3 Å². The van der Waals surface area contributed by atoms with Crippen molar-refractivity contribution in [3.05, 3.63) is 0 Å². The number of rotatable bonds is 4. The molecular weight excluding hydrogens is 248 g/mol. The van der Waals surface area contributed by atoms with Crippen LogP contribution in [0, 0.1) is 5.41 Å². The number of aliphatic carboxylic acids is 1. The summed E-state index contributed by atoms with van der Waals surface area (Å²) in [5.41, 5.74) is -0.886. The Morgan fingerprint density at radius 3 is 2.63 bits per heavy atom. The van der Waals surface area contributed by atoms with Gasteiger partial charge in [-0.25, -0.2) is 0 Å². The Labute approximate surface area is 112 Å². The highest BCUT2D eigenvalue weighted by molar-refractivity contribution is 5.91. The number of hydrogen-bond acceptors (Lipinski definition) is 3. The first-order chi connectivity index (χ1) is 9.00. The topological polar surface area (TPSA) is 86.7 Å². The molecule has 1 unspecified atom stereocenters. The van der Waals surface area contributed by atoms with E-state index < -0.39 is 17.4 Å². The van der Waals surface area contributed by atoms with E-state index in [-0.39, 0.29) is 18.2 Å². The molecule has 1 saturated heterocycles. The lowest BCUT2D eigenvalue weighted by molar-refractivity contribution is -0.161. The highest BCUT2D eigenvalue weighted by atomic mass is 16.4. The minimum Gasteiger partial charge on any atom is -0.481 e. The molecule has 0 aromatic rings. The lowest BCUT2D eigenvalue weighted by atomic mass is 9.66. The summed E-state index contributed by atoms with van der Waals surface area (Å²) in [6.07, 6.45) is 2.55. The van der Waals surface area contributed by atoms with E-state index in [9.17, 15) is 19.5 Å². The Morgan fingerprint density at radius 1 is 1.47 bits per heavy atom. The molecule has 0 bridgehead atoms. The minimum absolute atomic E-state index is 0.0200. The number of carbonyl (C=O) groups excluding carboxylic acids is 2. The highest BCUT2D eigenvalue weighted by Gasteiger charge is 2.47. The molecule has 1 aliphatic carbocycles. The molecule has 0 aromatic heterocycles. The smallest absolute Gasteiger partial charge is 0.310 e. The molecule has 1 aliphatic heterocycles. The Kier molecular flexibility index (Phi) is 3.78. The van der Waals surface area contributed by atoms with Crippen LogP contribution in [0.15, 0.2) is 0 Å². The van der Waals surface area contributed by atoms with Gasteiger partial charge >= 0.3 is 5.97 Å². The van der Waals surface area contributed by atoms with E-state index >= 15 is 0 Å². The first-order valence-electron chi connectivity index (χ1n) is 6.81. The normalized spacial score (nSPS) is 25.4. The van der Waals surface area contributed by atoms with Crippen LogP contribution in [0.4, 0.5) is 0 Å². The third-order valence-electron chi connectivity index (χ3n) is 4.29. The van der Waals surface area contributed by atoms with Crippen molar-refractivity contribution in [1.82, 2.24) is 10.2 Å². The molecule has 1 atom stereocenters. The van der Waals surface area contributed by atoms with E-state index in [1.807, 2.05) is 6.92 Å². The van der Waals surface area contributed by atoms with Gasteiger partial charge in [0.2, 0.25) is 11.8 Å². The second-order valence-corrected chi connectivity index (χ2v) is 5.42. The molecule has 6 heteroatoms. The first-order valence-corrected chi connectivity index (χ1v) is 6.81. The monoisotopic (exact) mass is 268 g/mol. The van der Waals surface area contributed by atoms with Crippen molar-refractivity contribution in [2.24, 2.45) is 5.41 Å². The average Bonchev–Trinajstić information content (AvgIpc) is 2.32. The summed E-state index contributed by atoms with van der Waals surface area (Å²) in [7, 11) is 0. The van der Waals surface area contributed by atoms with Gasteiger partial charge in [0.05, 0.1) is 5.41 Å². The van der Waals surface area contributed by atoms with Crippen LogP contribution in [-0.4, -0.2) is 46.9 Å². The van der Waals surface area contributed by atoms with E-state index in [4.69, 9.17) is 0 Å². The van der Waals surface area contributed by atoms with Crippen LogP contribution in [0.25, 0.3) is 0 Å². The zero-order valence-electron chi connectivity index (χ0n) is 11.1. The van der Waals surface area contributed by atoms with Crippen molar-refractivity contribution in [3.8, 4) is 0 Å². The fourth-order valence-corrected chi connectivity index (χ4v) is 2.88. The molecule has 2 fully saturated rings. The average molecular weight is 268 g/mol. The second-order valence-electron chi connectivity index (χ2n) is 5.42. The standard InChI is InChI=1S/C13H20N2O4/c1-2-9-11(17)14-6-7-15(9)10(16)8-13(12(18)19)4-3-5-13/h9H,2-8H2,1H3,(H,14,17)(H,18,19). The fourth-order valence-electron chi connectivity index (χ4n) is 2.88. The maximum Gasteiger partial charge on any atom is 0.310 e. The molecule has 2 N–H and O–H groups in total. The van der Waals surface area contributed by atoms with Gasteiger partial charge in [-0.15, -0.1) is 0 Å². The Bertz CT molecular complexity index is 403. The van der Waals surface area contributed by atoms with E-state index in [1.54, 1.807) is 4.90 Å². The quantitative estimate of drug-likeness (QED) is 0.771. The molecule has 106 valence electrons. The Morgan fingerprint density at radius 2 is 2.16 bits per heavy atom. The predicted octanol–water partition coefficient (Wildman–Crippen LogP) is 0.368. The van der Waals surface area contributed by atoms with Gasteiger partial charge in [0.15, 0.2) is 0 Å². The van der Waals surface area contributed by atoms with Gasteiger partial charge in [-0.05, 0) is 19.3 Å². The lowest BCUT2D eigenvalue weighted by Gasteiger charge is -2.41. The molecule has 2 aliphatic rings. The van der Waals surface area contributed by atoms with Crippen LogP contribution < -0.4 is 5.32 Å². The summed E-state index contributed by atoms with van der Waals surface area (Å²) < 4.78 is 0. The van der Waals surface area contributed by atoms with Gasteiger partial charge in [-0.1, -0.05) is 13.3 Å². The fraction of sp³-hybridized carbons (Fsp3) is 0.769. The van der Waals surface area contributed by atoms with Gasteiger partial charge in [0, 0.05) is 19.5 Å². The number of carboxylic acids is 1. The largest absolute Gasteiger partial charge is 0.481 e. The van der Waals surface area contributed by atoms with Gasteiger partial charge in [0.25, 0.3) is 0 Å². The molecule has 1 heterocycles. The number of amides is 2. The van der Waals surface area contributed by atoms with Crippen molar-refractivity contribution >= 4 is 17.8 Å². The minimum atomic E-state index is -0.887. The zero-order chi connectivity index (χ0) is 14.0. The molecule has 0 spiro atoms. The number of nitrogens with zero attached hydrogens (tertiary/aromatic N) is 1. The Hall–Kier alpha value is -1.59. The van der Waals surface area contributed by atoms with Crippen molar-refractivity contribution in [2.75, 3.05) is 13.1 Å². The third-order valence-corrected chi connectivity index (χ3v) is 4.29. The lowest BCUT2D eigenvalue weighted by Crippen LogP contribution is -2.58. The van der Waals surface area contributed by atoms with E-state index in [0.29, 0.717) is 32.4 Å². The predicted molar refractivity (Wildman–Crippen MR) is 67.3 cm³/mol. The van der Waals surface area contributed by atoms with Crippen LogP contribution >= 0.6 is 0 Å². The summed E-state index contributed by atoms with van der Waals surface area (Å²) in [5, 5.41) is 12.0. The van der Waals surface area contributed by atoms with Crippen molar-refractivity contribution in [3.63, 3.8) is 0 Å². The van der Waals surface area contributed by atoms with Crippen LogP contribution in [0.3, 0.4) is 0 Å². The van der Waals surface area contributed by atoms with Crippen molar-refractivity contribution < 1.29 is 19.5 Å². The number of piperazine rings is 1. The van der Waals surface area contributed by atoms with E-state index in [2.05, 4.69) is 5.32 Å². The van der Waals surface area contributed by atoms with Crippen molar-refractivity contribution in [2.45, 2.75) is 45.1 Å². The molecule has 1 saturated carbocycles. The summed E-state index contributed by atoms with van der Waals surface area (Å²) >= 11 is 0. The SMILES string of the molecule is CCC1C(=O)NCCN1C(=O)CC1(C(=O)O)CCC1. The van der Waals surface area contributed by atoms with Gasteiger partial charge in [-0.3, -0.25) is 14.4 Å². The molecule has 6 nitrogen and oxygen atoms in total. The molecule has 0 aromatic carbocycles.